The molecule has 0 aliphatic rings. The van der Waals surface area contributed by atoms with Gasteiger partial charge in [-0.15, -0.1) is 0 Å². The third-order valence-electron chi connectivity index (χ3n) is 4.43. The molecular formula is C22H16Cl2N4O2S. The van der Waals surface area contributed by atoms with Crippen molar-refractivity contribution in [1.82, 2.24) is 14.5 Å². The minimum Gasteiger partial charge on any atom is -0.324 e. The molecule has 0 radical (unpaired) electrons. The minimum absolute atomic E-state index is 0.0133. The molecule has 0 spiro atoms. The Balaban J connectivity index is 1.68. The number of nitrogens with one attached hydrogen (secondary N) is 1. The van der Waals surface area contributed by atoms with Crippen LogP contribution >= 0.6 is 35.0 Å². The van der Waals surface area contributed by atoms with Crippen molar-refractivity contribution < 1.29 is 4.79 Å². The van der Waals surface area contributed by atoms with E-state index in [1.807, 2.05) is 19.1 Å². The van der Waals surface area contributed by atoms with Gasteiger partial charge in [-0.1, -0.05) is 53.2 Å². The molecule has 2 heterocycles. The molecule has 0 aliphatic carbocycles. The first-order chi connectivity index (χ1) is 14.9. The van der Waals surface area contributed by atoms with Gasteiger partial charge in [0.15, 0.2) is 5.16 Å². The highest BCUT2D eigenvalue weighted by Gasteiger charge is 2.16. The van der Waals surface area contributed by atoms with Crippen LogP contribution in [0.5, 0.6) is 0 Å². The van der Waals surface area contributed by atoms with E-state index in [9.17, 15) is 9.59 Å². The van der Waals surface area contributed by atoms with Gasteiger partial charge in [0.1, 0.15) is 5.82 Å². The van der Waals surface area contributed by atoms with Crippen molar-refractivity contribution in [3.05, 3.63) is 86.8 Å². The smallest absolute Gasteiger partial charge is 0.267 e. The summed E-state index contributed by atoms with van der Waals surface area (Å²) in [6.07, 6.45) is 1.63. The molecular weight excluding hydrogens is 455 g/mol. The molecule has 0 fully saturated rings. The molecule has 0 saturated carbocycles. The molecule has 31 heavy (non-hydrogen) atoms. The second kappa shape index (κ2) is 9.09. The average molecular weight is 471 g/mol. The van der Waals surface area contributed by atoms with Gasteiger partial charge in [0.2, 0.25) is 5.91 Å². The highest BCUT2D eigenvalue weighted by Crippen LogP contribution is 2.30. The van der Waals surface area contributed by atoms with Crippen molar-refractivity contribution in [2.45, 2.75) is 12.1 Å². The maximum absolute atomic E-state index is 13.2. The fourth-order valence-electron chi connectivity index (χ4n) is 2.97. The third-order valence-corrected chi connectivity index (χ3v) is 6.19. The molecule has 2 aromatic carbocycles. The minimum atomic E-state index is -0.305. The molecule has 0 bridgehead atoms. The number of amides is 1. The number of aromatic nitrogens is 3. The average Bonchev–Trinajstić information content (AvgIpc) is 2.75. The fraction of sp³-hybridized carbons (Fsp3) is 0.0909. The van der Waals surface area contributed by atoms with Crippen LogP contribution in [0.3, 0.4) is 0 Å². The first kappa shape index (κ1) is 21.4. The van der Waals surface area contributed by atoms with Gasteiger partial charge in [-0.2, -0.15) is 0 Å². The number of nitrogens with zero attached hydrogens (tertiary/aromatic N) is 3. The molecule has 2 aromatic heterocycles. The Morgan fingerprint density at radius 3 is 2.74 bits per heavy atom. The fourth-order valence-corrected chi connectivity index (χ4v) is 4.12. The van der Waals surface area contributed by atoms with Gasteiger partial charge >= 0.3 is 0 Å². The van der Waals surface area contributed by atoms with Crippen LogP contribution < -0.4 is 10.9 Å². The first-order valence-corrected chi connectivity index (χ1v) is 11.0. The lowest BCUT2D eigenvalue weighted by Crippen LogP contribution is -2.23. The predicted molar refractivity (Wildman–Crippen MR) is 126 cm³/mol. The number of carbonyl (C=O) groups excluding carboxylic acids is 1. The molecule has 0 unspecified atom stereocenters. The van der Waals surface area contributed by atoms with Crippen molar-refractivity contribution in [3.63, 3.8) is 0 Å². The quantitative estimate of drug-likeness (QED) is 0.323. The summed E-state index contributed by atoms with van der Waals surface area (Å²) in [6.45, 7) is 1.92. The van der Waals surface area contributed by atoms with E-state index >= 15 is 0 Å². The largest absolute Gasteiger partial charge is 0.324 e. The lowest BCUT2D eigenvalue weighted by atomic mass is 10.2. The van der Waals surface area contributed by atoms with E-state index in [1.54, 1.807) is 48.7 Å². The molecule has 1 amide bonds. The van der Waals surface area contributed by atoms with Crippen LogP contribution in [0, 0.1) is 6.92 Å². The molecule has 156 valence electrons. The highest BCUT2D eigenvalue weighted by atomic mass is 35.5. The Morgan fingerprint density at radius 2 is 1.94 bits per heavy atom. The molecule has 1 N–H and O–H groups in total. The van der Waals surface area contributed by atoms with E-state index in [-0.39, 0.29) is 22.2 Å². The first-order valence-electron chi connectivity index (χ1n) is 9.25. The molecule has 0 aliphatic heterocycles. The molecule has 4 rings (SSSR count). The van der Waals surface area contributed by atoms with E-state index in [1.165, 1.54) is 4.57 Å². The van der Waals surface area contributed by atoms with Crippen LogP contribution in [-0.4, -0.2) is 26.2 Å². The van der Waals surface area contributed by atoms with Crippen molar-refractivity contribution in [3.8, 4) is 5.82 Å². The summed E-state index contributed by atoms with van der Waals surface area (Å²) in [5, 5.41) is 4.20. The van der Waals surface area contributed by atoms with Gasteiger partial charge in [0, 0.05) is 6.20 Å². The standard InChI is InChI=1S/C22H16Cl2N4O2S/c1-13-9-10-25-18(11-13)28-21(30)14-5-2-3-7-16(14)27-22(28)31-12-19(29)26-17-8-4-6-15(23)20(17)24/h2-11H,12H2,1H3,(H,26,29). The summed E-state index contributed by atoms with van der Waals surface area (Å²) in [7, 11) is 0. The molecule has 0 saturated heterocycles. The summed E-state index contributed by atoms with van der Waals surface area (Å²) >= 11 is 13.3. The zero-order chi connectivity index (χ0) is 22.0. The number of pyridine rings is 1. The van der Waals surface area contributed by atoms with Gasteiger partial charge in [0.25, 0.3) is 5.56 Å². The molecule has 9 heteroatoms. The van der Waals surface area contributed by atoms with Crippen LogP contribution in [0.1, 0.15) is 5.56 Å². The van der Waals surface area contributed by atoms with Crippen molar-refractivity contribution >= 4 is 57.5 Å². The zero-order valence-corrected chi connectivity index (χ0v) is 18.6. The highest BCUT2D eigenvalue weighted by molar-refractivity contribution is 7.99. The Labute approximate surface area is 192 Å². The van der Waals surface area contributed by atoms with Crippen molar-refractivity contribution in [2.24, 2.45) is 0 Å². The topological polar surface area (TPSA) is 76.9 Å². The number of carbonyl (C=O) groups is 1. The van der Waals surface area contributed by atoms with Gasteiger partial charge in [-0.3, -0.25) is 9.59 Å². The SMILES string of the molecule is Cc1ccnc(-n2c(SCC(=O)Nc3cccc(Cl)c3Cl)nc3ccccc3c2=O)c1. The van der Waals surface area contributed by atoms with E-state index in [2.05, 4.69) is 15.3 Å². The van der Waals surface area contributed by atoms with Crippen LogP contribution in [0.25, 0.3) is 16.7 Å². The zero-order valence-electron chi connectivity index (χ0n) is 16.3. The second-order valence-corrected chi connectivity index (χ2v) is 8.41. The van der Waals surface area contributed by atoms with Crippen LogP contribution in [-0.2, 0) is 4.79 Å². The maximum atomic E-state index is 13.2. The third kappa shape index (κ3) is 4.58. The lowest BCUT2D eigenvalue weighted by Gasteiger charge is -2.13. The summed E-state index contributed by atoms with van der Waals surface area (Å²) in [5.41, 5.74) is 1.68. The molecule has 0 atom stereocenters. The Kier molecular flexibility index (Phi) is 6.27. The van der Waals surface area contributed by atoms with Crippen LogP contribution in [0.4, 0.5) is 5.69 Å². The summed E-state index contributed by atoms with van der Waals surface area (Å²) in [5.74, 6) is 0.156. The number of thioether (sulfide) groups is 1. The van der Waals surface area contributed by atoms with E-state index < -0.39 is 0 Å². The number of para-hydroxylation sites is 1. The van der Waals surface area contributed by atoms with Crippen molar-refractivity contribution in [2.75, 3.05) is 11.1 Å². The van der Waals surface area contributed by atoms with Crippen LogP contribution in [0.2, 0.25) is 10.0 Å². The number of rotatable bonds is 5. The number of benzene rings is 2. The van der Waals surface area contributed by atoms with E-state index in [0.717, 1.165) is 17.3 Å². The van der Waals surface area contributed by atoms with Gasteiger partial charge in [0.05, 0.1) is 32.4 Å². The number of aryl methyl sites for hydroxylation is 1. The number of hydrogen-bond donors (Lipinski definition) is 1. The Hall–Kier alpha value is -2.87. The number of hydrogen-bond acceptors (Lipinski definition) is 5. The normalized spacial score (nSPS) is 10.9. The predicted octanol–water partition coefficient (Wildman–Crippen LogP) is 5.13. The van der Waals surface area contributed by atoms with Crippen molar-refractivity contribution in [1.29, 1.82) is 0 Å². The summed E-state index contributed by atoms with van der Waals surface area (Å²) in [6, 6.07) is 15.7. The Morgan fingerprint density at radius 1 is 1.13 bits per heavy atom. The maximum Gasteiger partial charge on any atom is 0.267 e. The second-order valence-electron chi connectivity index (χ2n) is 6.68. The molecule has 4 aromatic rings. The van der Waals surface area contributed by atoms with Gasteiger partial charge < -0.3 is 5.32 Å². The lowest BCUT2D eigenvalue weighted by molar-refractivity contribution is -0.113. The number of anilines is 1. The molecule has 6 nitrogen and oxygen atoms in total. The Bertz CT molecular complexity index is 1360. The number of halogens is 2. The summed E-state index contributed by atoms with van der Waals surface area (Å²) in [4.78, 5) is 34.7. The summed E-state index contributed by atoms with van der Waals surface area (Å²) < 4.78 is 1.43. The number of fused-ring (bicyclic) bond motifs is 1. The van der Waals surface area contributed by atoms with Gasteiger partial charge in [-0.25, -0.2) is 14.5 Å². The van der Waals surface area contributed by atoms with Gasteiger partial charge in [-0.05, 0) is 48.9 Å². The van der Waals surface area contributed by atoms with Crippen LogP contribution in [0.15, 0.2) is 70.7 Å². The monoisotopic (exact) mass is 470 g/mol. The van der Waals surface area contributed by atoms with E-state index in [0.29, 0.717) is 32.6 Å². The van der Waals surface area contributed by atoms with E-state index in [4.69, 9.17) is 23.2 Å².